The number of nitrogens with one attached hydrogen (secondary N) is 3. The number of carbonyl (C=O) groups is 1. The second-order valence-electron chi connectivity index (χ2n) is 6.80. The zero-order valence-corrected chi connectivity index (χ0v) is 15.4. The van der Waals surface area contributed by atoms with E-state index in [0.717, 1.165) is 42.0 Å². The highest BCUT2D eigenvalue weighted by Crippen LogP contribution is 2.36. The van der Waals surface area contributed by atoms with Gasteiger partial charge in [0.05, 0.1) is 11.4 Å². The molecule has 0 atom stereocenters. The van der Waals surface area contributed by atoms with Gasteiger partial charge in [-0.2, -0.15) is 5.10 Å². The summed E-state index contributed by atoms with van der Waals surface area (Å²) in [6.45, 7) is 2.68. The zero-order chi connectivity index (χ0) is 19.7. The minimum atomic E-state index is -0.503. The number of hydrogen-bond acceptors (Lipinski definition) is 4. The maximum Gasteiger partial charge on any atom is 0.323 e. The molecule has 0 fully saturated rings. The fraction of sp³-hybridized carbons (Fsp3) is 0.200. The summed E-state index contributed by atoms with van der Waals surface area (Å²) in [5.74, 6) is 0.00571. The molecule has 5 N–H and O–H groups in total. The summed E-state index contributed by atoms with van der Waals surface area (Å²) in [6.07, 6.45) is 1.92. The maximum absolute atomic E-state index is 13.8. The van der Waals surface area contributed by atoms with Gasteiger partial charge in [-0.25, -0.2) is 9.18 Å². The summed E-state index contributed by atoms with van der Waals surface area (Å²) < 4.78 is 13.8. The smallest absolute Gasteiger partial charge is 0.323 e. The molecule has 1 aliphatic heterocycles. The Morgan fingerprint density at radius 1 is 1.21 bits per heavy atom. The van der Waals surface area contributed by atoms with Gasteiger partial charge in [-0.1, -0.05) is 6.07 Å². The molecule has 0 unspecified atom stereocenters. The molecule has 0 spiro atoms. The van der Waals surface area contributed by atoms with Gasteiger partial charge in [0, 0.05) is 17.9 Å². The molecule has 0 saturated heterocycles. The molecule has 28 heavy (non-hydrogen) atoms. The molecule has 3 aromatic rings. The van der Waals surface area contributed by atoms with Crippen LogP contribution in [0, 0.1) is 12.7 Å². The maximum atomic E-state index is 13.8. The van der Waals surface area contributed by atoms with E-state index in [9.17, 15) is 9.18 Å². The van der Waals surface area contributed by atoms with E-state index in [1.54, 1.807) is 24.3 Å². The number of hydrogen-bond donors (Lipinski definition) is 4. The summed E-state index contributed by atoms with van der Waals surface area (Å²) >= 11 is 0. The molecule has 0 radical (unpaired) electrons. The van der Waals surface area contributed by atoms with E-state index in [4.69, 9.17) is 5.73 Å². The van der Waals surface area contributed by atoms with Crippen LogP contribution >= 0.6 is 0 Å². The Hall–Kier alpha value is -3.55. The van der Waals surface area contributed by atoms with Crippen molar-refractivity contribution >= 4 is 34.6 Å². The minimum absolute atomic E-state index is 0.144. The molecule has 0 saturated carbocycles. The van der Waals surface area contributed by atoms with E-state index in [-0.39, 0.29) is 5.69 Å². The Morgan fingerprint density at radius 3 is 2.79 bits per heavy atom. The van der Waals surface area contributed by atoms with E-state index >= 15 is 0 Å². The summed E-state index contributed by atoms with van der Waals surface area (Å²) in [5, 5.41) is 12.3. The number of amides is 2. The number of aromatic amines is 1. The summed E-state index contributed by atoms with van der Waals surface area (Å²) in [7, 11) is 0. The third kappa shape index (κ3) is 3.48. The molecule has 7 nitrogen and oxygen atoms in total. The van der Waals surface area contributed by atoms with Crippen LogP contribution in [0.25, 0.3) is 0 Å². The van der Waals surface area contributed by atoms with Crippen molar-refractivity contribution in [1.29, 1.82) is 0 Å². The number of anilines is 5. The third-order valence-electron chi connectivity index (χ3n) is 4.73. The van der Waals surface area contributed by atoms with Crippen molar-refractivity contribution in [2.75, 3.05) is 27.8 Å². The van der Waals surface area contributed by atoms with Gasteiger partial charge in [-0.3, -0.25) is 5.10 Å². The predicted octanol–water partition coefficient (Wildman–Crippen LogP) is 4.17. The van der Waals surface area contributed by atoms with Gasteiger partial charge in [-0.05, 0) is 61.7 Å². The normalized spacial score (nSPS) is 13.1. The van der Waals surface area contributed by atoms with Crippen LogP contribution in [0.3, 0.4) is 0 Å². The quantitative estimate of drug-likeness (QED) is 0.548. The second kappa shape index (κ2) is 7.22. The number of halogens is 1. The number of fused-ring (bicyclic) bond motifs is 1. The van der Waals surface area contributed by atoms with E-state index in [2.05, 4.69) is 25.7 Å². The Morgan fingerprint density at radius 2 is 2.00 bits per heavy atom. The lowest BCUT2D eigenvalue weighted by Gasteiger charge is -2.29. The number of aromatic nitrogens is 2. The number of nitrogen functional groups attached to an aromatic ring is 1. The Balaban J connectivity index is 1.46. The summed E-state index contributed by atoms with van der Waals surface area (Å²) in [6, 6.07) is 11.5. The predicted molar refractivity (Wildman–Crippen MR) is 109 cm³/mol. The van der Waals surface area contributed by atoms with Crippen molar-refractivity contribution < 1.29 is 9.18 Å². The van der Waals surface area contributed by atoms with Crippen LogP contribution in [0.4, 0.5) is 37.8 Å². The molecular weight excluding hydrogens is 359 g/mol. The van der Waals surface area contributed by atoms with Crippen LogP contribution in [-0.2, 0) is 6.42 Å². The van der Waals surface area contributed by atoms with E-state index < -0.39 is 11.8 Å². The van der Waals surface area contributed by atoms with Gasteiger partial charge in [0.15, 0.2) is 5.82 Å². The van der Waals surface area contributed by atoms with E-state index in [0.29, 0.717) is 11.5 Å². The second-order valence-corrected chi connectivity index (χ2v) is 6.80. The van der Waals surface area contributed by atoms with Gasteiger partial charge >= 0.3 is 6.03 Å². The summed E-state index contributed by atoms with van der Waals surface area (Å²) in [5.41, 5.74) is 10.5. The van der Waals surface area contributed by atoms with Crippen LogP contribution in [-0.4, -0.2) is 22.8 Å². The first-order valence-electron chi connectivity index (χ1n) is 9.06. The van der Waals surface area contributed by atoms with Crippen LogP contribution < -0.4 is 21.3 Å². The van der Waals surface area contributed by atoms with Crippen molar-refractivity contribution in [2.24, 2.45) is 0 Å². The van der Waals surface area contributed by atoms with Crippen LogP contribution in [0.15, 0.2) is 42.5 Å². The van der Waals surface area contributed by atoms with E-state index in [1.165, 1.54) is 6.07 Å². The number of rotatable bonds is 3. The lowest BCUT2D eigenvalue weighted by molar-refractivity contribution is 0.262. The zero-order valence-electron chi connectivity index (χ0n) is 15.4. The van der Waals surface area contributed by atoms with Crippen molar-refractivity contribution in [3.05, 3.63) is 59.5 Å². The molecule has 0 aliphatic carbocycles. The van der Waals surface area contributed by atoms with Crippen molar-refractivity contribution in [3.63, 3.8) is 0 Å². The first-order chi connectivity index (χ1) is 13.5. The molecule has 2 heterocycles. The van der Waals surface area contributed by atoms with Crippen LogP contribution in [0.2, 0.25) is 0 Å². The van der Waals surface area contributed by atoms with Crippen LogP contribution in [0.1, 0.15) is 17.7 Å². The van der Waals surface area contributed by atoms with Crippen molar-refractivity contribution in [2.45, 2.75) is 19.8 Å². The number of urea groups is 1. The standard InChI is InChI=1S/C20H21FN6O/c1-12-4-9-15(21)17(11-12)24-20(28)23-13-5-7-14(8-6-13)27-10-2-3-16-18(27)19(22)26-25-16/h4-9,11H,2-3,10H2,1H3,(H3,22,25,26)(H2,23,24,28). The fourth-order valence-corrected chi connectivity index (χ4v) is 3.39. The van der Waals surface area contributed by atoms with Gasteiger partial charge in [0.25, 0.3) is 0 Å². The molecule has 1 aromatic heterocycles. The van der Waals surface area contributed by atoms with Gasteiger partial charge in [0.2, 0.25) is 0 Å². The highest BCUT2D eigenvalue weighted by atomic mass is 19.1. The molecular formula is C20H21FN6O. The average Bonchev–Trinajstić information content (AvgIpc) is 3.07. The first-order valence-corrected chi connectivity index (χ1v) is 9.06. The molecule has 2 aromatic carbocycles. The number of nitrogens with zero attached hydrogens (tertiary/aromatic N) is 2. The SMILES string of the molecule is Cc1ccc(F)c(NC(=O)Nc2ccc(N3CCCc4[nH]nc(N)c43)cc2)c1. The highest BCUT2D eigenvalue weighted by Gasteiger charge is 2.23. The average molecular weight is 380 g/mol. The molecule has 8 heteroatoms. The molecule has 144 valence electrons. The topological polar surface area (TPSA) is 99.1 Å². The Kier molecular flexibility index (Phi) is 4.60. The lowest BCUT2D eigenvalue weighted by atomic mass is 10.1. The van der Waals surface area contributed by atoms with Gasteiger partial charge < -0.3 is 21.3 Å². The first kappa shape index (κ1) is 17.8. The molecule has 4 rings (SSSR count). The largest absolute Gasteiger partial charge is 0.380 e. The number of H-pyrrole nitrogens is 1. The van der Waals surface area contributed by atoms with Crippen LogP contribution in [0.5, 0.6) is 0 Å². The number of aryl methyl sites for hydroxylation is 2. The Labute approximate surface area is 161 Å². The Bertz CT molecular complexity index is 1010. The molecule has 2 amide bonds. The van der Waals surface area contributed by atoms with Crippen molar-refractivity contribution in [1.82, 2.24) is 10.2 Å². The van der Waals surface area contributed by atoms with Gasteiger partial charge in [0.1, 0.15) is 11.5 Å². The number of benzene rings is 2. The third-order valence-corrected chi connectivity index (χ3v) is 4.73. The molecule has 0 bridgehead atoms. The van der Waals surface area contributed by atoms with Crippen molar-refractivity contribution in [3.8, 4) is 0 Å². The summed E-state index contributed by atoms with van der Waals surface area (Å²) in [4.78, 5) is 14.3. The highest BCUT2D eigenvalue weighted by molar-refractivity contribution is 6.00. The molecule has 1 aliphatic rings. The van der Waals surface area contributed by atoms with Gasteiger partial charge in [-0.15, -0.1) is 0 Å². The number of carbonyl (C=O) groups excluding carboxylic acids is 1. The minimum Gasteiger partial charge on any atom is -0.380 e. The number of nitrogens with two attached hydrogens (primary N) is 1. The fourth-order valence-electron chi connectivity index (χ4n) is 3.39. The van der Waals surface area contributed by atoms with E-state index in [1.807, 2.05) is 19.1 Å². The lowest BCUT2D eigenvalue weighted by Crippen LogP contribution is -2.24. The monoisotopic (exact) mass is 380 g/mol.